The van der Waals surface area contributed by atoms with Crippen molar-refractivity contribution in [3.05, 3.63) is 78.0 Å². The zero-order valence-electron chi connectivity index (χ0n) is 18.3. The lowest BCUT2D eigenvalue weighted by Crippen LogP contribution is -2.41. The third-order valence-corrected chi connectivity index (χ3v) is 5.58. The maximum absolute atomic E-state index is 13.7. The van der Waals surface area contributed by atoms with Gasteiger partial charge in [0.1, 0.15) is 23.9 Å². The zero-order valence-corrected chi connectivity index (χ0v) is 18.3. The van der Waals surface area contributed by atoms with Crippen molar-refractivity contribution in [2.24, 2.45) is 0 Å². The number of alkyl halides is 5. The van der Waals surface area contributed by atoms with Crippen molar-refractivity contribution >= 4 is 23.2 Å². The molecule has 36 heavy (non-hydrogen) atoms. The Hall–Kier alpha value is -4.29. The third-order valence-electron chi connectivity index (χ3n) is 5.58. The molecule has 1 unspecified atom stereocenters. The van der Waals surface area contributed by atoms with E-state index in [4.69, 9.17) is 0 Å². The number of benzene rings is 1. The van der Waals surface area contributed by atoms with Gasteiger partial charge in [-0.25, -0.2) is 15.0 Å². The Balaban J connectivity index is 1.55. The fraction of sp³-hybridized carbons (Fsp3) is 0.217. The number of rotatable bonds is 6. The topological polar surface area (TPSA) is 84.6 Å². The van der Waals surface area contributed by atoms with Crippen LogP contribution in [0.5, 0.6) is 5.75 Å². The van der Waals surface area contributed by atoms with Gasteiger partial charge in [-0.3, -0.25) is 4.79 Å². The van der Waals surface area contributed by atoms with Gasteiger partial charge in [-0.15, -0.1) is 0 Å². The van der Waals surface area contributed by atoms with Crippen LogP contribution in [-0.2, 0) is 11.3 Å². The molecule has 0 aliphatic carbocycles. The highest BCUT2D eigenvalue weighted by Crippen LogP contribution is 2.37. The number of nitrogens with zero attached hydrogens (tertiary/aromatic N) is 5. The van der Waals surface area contributed by atoms with Crippen LogP contribution in [0.2, 0.25) is 0 Å². The van der Waals surface area contributed by atoms with Gasteiger partial charge in [0.05, 0.1) is 17.9 Å². The van der Waals surface area contributed by atoms with Gasteiger partial charge in [-0.1, -0.05) is 12.1 Å². The number of fused-ring (bicyclic) bond motifs is 2. The molecule has 0 bridgehead atoms. The van der Waals surface area contributed by atoms with Crippen LogP contribution in [0.3, 0.4) is 0 Å². The molecule has 0 saturated carbocycles. The molecule has 5 rings (SSSR count). The molecule has 1 atom stereocenters. The van der Waals surface area contributed by atoms with Crippen LogP contribution < -0.4 is 15.0 Å². The van der Waals surface area contributed by atoms with E-state index in [-0.39, 0.29) is 23.9 Å². The van der Waals surface area contributed by atoms with Crippen molar-refractivity contribution in [1.82, 2.24) is 19.4 Å². The summed E-state index contributed by atoms with van der Waals surface area (Å²) < 4.78 is 69.3. The Morgan fingerprint density at radius 2 is 1.89 bits per heavy atom. The summed E-state index contributed by atoms with van der Waals surface area (Å²) in [6, 6.07) is 8.92. The lowest BCUT2D eigenvalue weighted by Gasteiger charge is -2.33. The molecular weight excluding hydrogens is 487 g/mol. The second-order valence-electron chi connectivity index (χ2n) is 7.96. The minimum absolute atomic E-state index is 0.0804. The first-order valence-electron chi connectivity index (χ1n) is 10.6. The first kappa shape index (κ1) is 23.5. The first-order chi connectivity index (χ1) is 17.2. The van der Waals surface area contributed by atoms with Gasteiger partial charge >= 0.3 is 12.8 Å². The van der Waals surface area contributed by atoms with Gasteiger partial charge in [0.2, 0.25) is 11.9 Å². The predicted molar refractivity (Wildman–Crippen MR) is 118 cm³/mol. The molecule has 0 fully saturated rings. The van der Waals surface area contributed by atoms with Crippen LogP contribution in [0.15, 0.2) is 61.2 Å². The van der Waals surface area contributed by atoms with Gasteiger partial charge in [0.15, 0.2) is 0 Å². The molecule has 8 nitrogen and oxygen atoms in total. The summed E-state index contributed by atoms with van der Waals surface area (Å²) in [6.07, 6.45) is 1.95. The fourth-order valence-corrected chi connectivity index (χ4v) is 4.01. The largest absolute Gasteiger partial charge is 0.435 e. The number of aromatic nitrogens is 4. The molecule has 1 amide bonds. The average molecular weight is 504 g/mol. The van der Waals surface area contributed by atoms with Crippen molar-refractivity contribution in [1.29, 1.82) is 0 Å². The molecule has 186 valence electrons. The van der Waals surface area contributed by atoms with Gasteiger partial charge in [0, 0.05) is 30.4 Å². The number of halogens is 5. The smallest absolute Gasteiger partial charge is 0.405 e. The molecular formula is C23H17F5N6O2. The number of imidazole rings is 1. The Bertz CT molecular complexity index is 1410. The van der Waals surface area contributed by atoms with E-state index in [1.165, 1.54) is 35.4 Å². The van der Waals surface area contributed by atoms with E-state index in [1.807, 2.05) is 0 Å². The standard InChI is InChI=1S/C23H17F5N6O2/c24-21(25)36-16-4-1-13(2-5-16)18-19-14(9-30-22(32-19)31-12-23(26,27)28)10-34(20(18)35)15-3-6-17-29-7-8-33(17)11-15/h1-9,11,18,21H,10,12H2,(H,30,31,32). The van der Waals surface area contributed by atoms with Crippen LogP contribution in [-0.4, -0.2) is 44.6 Å². The molecule has 4 heterocycles. The van der Waals surface area contributed by atoms with Crippen molar-refractivity contribution in [3.63, 3.8) is 0 Å². The van der Waals surface area contributed by atoms with Crippen molar-refractivity contribution in [3.8, 4) is 5.75 Å². The van der Waals surface area contributed by atoms with Gasteiger partial charge in [0.25, 0.3) is 0 Å². The number of amides is 1. The highest BCUT2D eigenvalue weighted by Gasteiger charge is 2.37. The molecule has 13 heteroatoms. The van der Waals surface area contributed by atoms with Crippen LogP contribution in [0.4, 0.5) is 33.6 Å². The SMILES string of the molecule is O=C1C(c2ccc(OC(F)F)cc2)c2nc(NCC(F)(F)F)ncc2CN1c1ccc2nccn2c1. The number of nitrogens with one attached hydrogen (secondary N) is 1. The van der Waals surface area contributed by atoms with E-state index in [9.17, 15) is 26.7 Å². The van der Waals surface area contributed by atoms with Gasteiger partial charge in [-0.2, -0.15) is 22.0 Å². The monoisotopic (exact) mass is 504 g/mol. The summed E-state index contributed by atoms with van der Waals surface area (Å²) in [5.41, 5.74) is 2.38. The summed E-state index contributed by atoms with van der Waals surface area (Å²) in [6.45, 7) is -4.28. The number of hydrogen-bond donors (Lipinski definition) is 1. The lowest BCUT2D eigenvalue weighted by atomic mass is 9.88. The molecule has 0 radical (unpaired) electrons. The maximum atomic E-state index is 13.7. The zero-order chi connectivity index (χ0) is 25.4. The van der Waals surface area contributed by atoms with E-state index >= 15 is 0 Å². The van der Waals surface area contributed by atoms with E-state index in [2.05, 4.69) is 25.0 Å². The van der Waals surface area contributed by atoms with E-state index in [1.54, 1.807) is 35.1 Å². The lowest BCUT2D eigenvalue weighted by molar-refractivity contribution is -0.120. The Morgan fingerprint density at radius 3 is 2.61 bits per heavy atom. The van der Waals surface area contributed by atoms with Crippen LogP contribution in [0, 0.1) is 0 Å². The molecule has 1 aliphatic heterocycles. The summed E-state index contributed by atoms with van der Waals surface area (Å²) >= 11 is 0. The molecule has 1 aliphatic rings. The fourth-order valence-electron chi connectivity index (χ4n) is 4.01. The van der Waals surface area contributed by atoms with Crippen LogP contribution >= 0.6 is 0 Å². The summed E-state index contributed by atoms with van der Waals surface area (Å²) in [4.78, 5) is 27.6. The molecule has 1 N–H and O–H groups in total. The van der Waals surface area contributed by atoms with E-state index in [0.29, 0.717) is 22.5 Å². The normalized spacial score (nSPS) is 15.9. The van der Waals surface area contributed by atoms with Crippen LogP contribution in [0.25, 0.3) is 5.65 Å². The highest BCUT2D eigenvalue weighted by atomic mass is 19.4. The minimum atomic E-state index is -4.49. The molecule has 3 aromatic heterocycles. The molecule has 4 aromatic rings. The number of anilines is 2. The van der Waals surface area contributed by atoms with Gasteiger partial charge in [-0.05, 0) is 29.8 Å². The van der Waals surface area contributed by atoms with Gasteiger partial charge < -0.3 is 19.4 Å². The summed E-state index contributed by atoms with van der Waals surface area (Å²) in [5.74, 6) is -1.81. The number of ether oxygens (including phenoxy) is 1. The van der Waals surface area contributed by atoms with Crippen molar-refractivity contribution < 1.29 is 31.5 Å². The van der Waals surface area contributed by atoms with Crippen molar-refractivity contribution in [2.45, 2.75) is 25.3 Å². The quantitative estimate of drug-likeness (QED) is 0.393. The minimum Gasteiger partial charge on any atom is -0.435 e. The Labute approximate surface area is 200 Å². The highest BCUT2D eigenvalue weighted by molar-refractivity contribution is 6.01. The number of pyridine rings is 1. The third kappa shape index (κ3) is 4.76. The maximum Gasteiger partial charge on any atom is 0.405 e. The number of carbonyl (C=O) groups is 1. The summed E-state index contributed by atoms with van der Waals surface area (Å²) in [7, 11) is 0. The Morgan fingerprint density at radius 1 is 1.11 bits per heavy atom. The second kappa shape index (κ2) is 9.06. The van der Waals surface area contributed by atoms with E-state index < -0.39 is 31.2 Å². The summed E-state index contributed by atoms with van der Waals surface area (Å²) in [5, 5.41) is 2.13. The van der Waals surface area contributed by atoms with Crippen molar-refractivity contribution in [2.75, 3.05) is 16.8 Å². The number of carbonyl (C=O) groups excluding carboxylic acids is 1. The number of hydrogen-bond acceptors (Lipinski definition) is 6. The van der Waals surface area contributed by atoms with E-state index in [0.717, 1.165) is 0 Å². The van der Waals surface area contributed by atoms with Crippen LogP contribution in [0.1, 0.15) is 22.7 Å². The first-order valence-corrected chi connectivity index (χ1v) is 10.6. The predicted octanol–water partition coefficient (Wildman–Crippen LogP) is 4.38. The molecule has 0 spiro atoms. The second-order valence-corrected chi connectivity index (χ2v) is 7.96. The molecule has 1 aromatic carbocycles. The molecule has 0 saturated heterocycles. The average Bonchev–Trinajstić information content (AvgIpc) is 3.30. The Kier molecular flexibility index (Phi) is 5.90.